The van der Waals surface area contributed by atoms with E-state index in [0.29, 0.717) is 6.07 Å². The second-order valence-electron chi connectivity index (χ2n) is 5.68. The Bertz CT molecular complexity index is 989. The van der Waals surface area contributed by atoms with E-state index in [4.69, 9.17) is 9.88 Å². The van der Waals surface area contributed by atoms with Crippen LogP contribution in [0.25, 0.3) is 0 Å². The van der Waals surface area contributed by atoms with E-state index in [1.807, 2.05) is 0 Å². The smallest absolute Gasteiger partial charge is 0.416 e. The maximum Gasteiger partial charge on any atom is 0.416 e. The second kappa shape index (κ2) is 7.98. The van der Waals surface area contributed by atoms with Crippen LogP contribution in [0, 0.1) is 0 Å². The normalized spacial score (nSPS) is 12.9. The Morgan fingerprint density at radius 3 is 2.25 bits per heavy atom. The van der Waals surface area contributed by atoms with Gasteiger partial charge in [-0.1, -0.05) is 6.07 Å². The van der Waals surface area contributed by atoms with Gasteiger partial charge in [0.15, 0.2) is 6.10 Å². The van der Waals surface area contributed by atoms with Crippen molar-refractivity contribution in [2.75, 3.05) is 5.32 Å². The number of esters is 1. The number of hydrogen-bond acceptors (Lipinski definition) is 5. The largest absolute Gasteiger partial charge is 0.449 e. The summed E-state index contributed by atoms with van der Waals surface area (Å²) in [5.41, 5.74) is -1.17. The lowest BCUT2D eigenvalue weighted by Gasteiger charge is -2.14. The fraction of sp³-hybridized carbons (Fsp3) is 0.176. The molecular weight excluding hydrogens is 401 g/mol. The third kappa shape index (κ3) is 5.54. The number of hydrogen-bond donors (Lipinski definition) is 2. The predicted molar refractivity (Wildman–Crippen MR) is 92.8 cm³/mol. The minimum Gasteiger partial charge on any atom is -0.449 e. The lowest BCUT2D eigenvalue weighted by molar-refractivity contribution is -0.137. The van der Waals surface area contributed by atoms with E-state index in [-0.39, 0.29) is 16.1 Å². The first kappa shape index (κ1) is 21.4. The Labute approximate surface area is 158 Å². The molecule has 0 bridgehead atoms. The summed E-state index contributed by atoms with van der Waals surface area (Å²) in [6.45, 7) is 1.24. The van der Waals surface area contributed by atoms with Gasteiger partial charge in [-0.15, -0.1) is 0 Å². The number of sulfonamides is 1. The molecule has 0 radical (unpaired) electrons. The molecule has 0 spiro atoms. The quantitative estimate of drug-likeness (QED) is 0.727. The van der Waals surface area contributed by atoms with E-state index in [0.717, 1.165) is 18.2 Å². The number of halogens is 3. The van der Waals surface area contributed by atoms with Crippen molar-refractivity contribution in [1.82, 2.24) is 0 Å². The monoisotopic (exact) mass is 416 g/mol. The van der Waals surface area contributed by atoms with Crippen LogP contribution in [-0.2, 0) is 25.7 Å². The van der Waals surface area contributed by atoms with Crippen LogP contribution in [0.15, 0.2) is 53.4 Å². The van der Waals surface area contributed by atoms with Gasteiger partial charge in [0.2, 0.25) is 10.0 Å². The van der Waals surface area contributed by atoms with Crippen molar-refractivity contribution in [1.29, 1.82) is 0 Å². The van der Waals surface area contributed by atoms with Crippen LogP contribution in [0.5, 0.6) is 0 Å². The number of rotatable bonds is 5. The maximum absolute atomic E-state index is 12.7. The number of benzene rings is 2. The molecule has 0 aromatic heterocycles. The standard InChI is InChI=1S/C17H15F3N2O5S/c1-10(15(23)22-13-5-7-14(8-6-13)28(21,25)26)27-16(24)11-3-2-4-12(9-11)17(18,19)20/h2-10H,1H3,(H,22,23)(H2,21,25,26)/t10-/m1/s1. The number of alkyl halides is 3. The Morgan fingerprint density at radius 1 is 1.11 bits per heavy atom. The van der Waals surface area contributed by atoms with Gasteiger partial charge >= 0.3 is 12.1 Å². The molecule has 7 nitrogen and oxygen atoms in total. The van der Waals surface area contributed by atoms with Crippen molar-refractivity contribution in [2.45, 2.75) is 24.1 Å². The Hall–Kier alpha value is -2.92. The molecular formula is C17H15F3N2O5S. The molecule has 28 heavy (non-hydrogen) atoms. The van der Waals surface area contributed by atoms with E-state index in [2.05, 4.69) is 5.32 Å². The highest BCUT2D eigenvalue weighted by atomic mass is 32.2. The van der Waals surface area contributed by atoms with Gasteiger partial charge in [-0.3, -0.25) is 4.79 Å². The lowest BCUT2D eigenvalue weighted by atomic mass is 10.1. The Balaban J connectivity index is 2.03. The van der Waals surface area contributed by atoms with Gasteiger partial charge in [0, 0.05) is 5.69 Å². The van der Waals surface area contributed by atoms with Crippen LogP contribution in [0.1, 0.15) is 22.8 Å². The lowest BCUT2D eigenvalue weighted by Crippen LogP contribution is -2.30. The summed E-state index contributed by atoms with van der Waals surface area (Å²) < 4.78 is 65.4. The molecule has 3 N–H and O–H groups in total. The molecule has 11 heteroatoms. The summed E-state index contributed by atoms with van der Waals surface area (Å²) in [5.74, 6) is -1.86. The zero-order chi connectivity index (χ0) is 21.1. The number of anilines is 1. The summed E-state index contributed by atoms with van der Waals surface area (Å²) >= 11 is 0. The number of amides is 1. The molecule has 0 aliphatic heterocycles. The summed E-state index contributed by atoms with van der Waals surface area (Å²) in [7, 11) is -3.89. The summed E-state index contributed by atoms with van der Waals surface area (Å²) in [4.78, 5) is 23.9. The molecule has 2 rings (SSSR count). The second-order valence-corrected chi connectivity index (χ2v) is 7.25. The summed E-state index contributed by atoms with van der Waals surface area (Å²) in [5, 5.41) is 7.34. The van der Waals surface area contributed by atoms with Crippen LogP contribution >= 0.6 is 0 Å². The van der Waals surface area contributed by atoms with Crippen LogP contribution in [0.3, 0.4) is 0 Å². The minimum atomic E-state index is -4.62. The van der Waals surface area contributed by atoms with Gasteiger partial charge in [-0.2, -0.15) is 13.2 Å². The van der Waals surface area contributed by atoms with Gasteiger partial charge in [0.1, 0.15) is 0 Å². The highest BCUT2D eigenvalue weighted by Crippen LogP contribution is 2.29. The van der Waals surface area contributed by atoms with Gasteiger partial charge in [0.05, 0.1) is 16.0 Å². The molecule has 2 aromatic carbocycles. The van der Waals surface area contributed by atoms with Gasteiger partial charge in [-0.05, 0) is 49.4 Å². The molecule has 2 aromatic rings. The average molecular weight is 416 g/mol. The number of carbonyl (C=O) groups excluding carboxylic acids is 2. The molecule has 0 aliphatic carbocycles. The topological polar surface area (TPSA) is 116 Å². The van der Waals surface area contributed by atoms with Crippen molar-refractivity contribution in [3.63, 3.8) is 0 Å². The van der Waals surface area contributed by atoms with Crippen molar-refractivity contribution >= 4 is 27.6 Å². The number of nitrogens with one attached hydrogen (secondary N) is 1. The number of nitrogens with two attached hydrogens (primary N) is 1. The van der Waals surface area contributed by atoms with Gasteiger partial charge in [-0.25, -0.2) is 18.4 Å². The van der Waals surface area contributed by atoms with E-state index < -0.39 is 39.7 Å². The molecule has 0 unspecified atom stereocenters. The molecule has 0 saturated carbocycles. The highest BCUT2D eigenvalue weighted by molar-refractivity contribution is 7.89. The molecule has 0 fully saturated rings. The zero-order valence-electron chi connectivity index (χ0n) is 14.4. The fourth-order valence-corrected chi connectivity index (χ4v) is 2.59. The molecule has 0 aliphatic rings. The van der Waals surface area contributed by atoms with Gasteiger partial charge < -0.3 is 10.1 Å². The van der Waals surface area contributed by atoms with E-state index in [1.165, 1.54) is 31.2 Å². The minimum absolute atomic E-state index is 0.158. The zero-order valence-corrected chi connectivity index (χ0v) is 15.2. The van der Waals surface area contributed by atoms with Crippen molar-refractivity contribution in [3.05, 3.63) is 59.7 Å². The van der Waals surface area contributed by atoms with Crippen LogP contribution in [0.2, 0.25) is 0 Å². The highest BCUT2D eigenvalue weighted by Gasteiger charge is 2.31. The Kier molecular flexibility index (Phi) is 6.10. The summed E-state index contributed by atoms with van der Waals surface area (Å²) in [6, 6.07) is 8.51. The van der Waals surface area contributed by atoms with Crippen molar-refractivity contribution in [3.8, 4) is 0 Å². The van der Waals surface area contributed by atoms with E-state index in [9.17, 15) is 31.2 Å². The third-order valence-corrected chi connectivity index (χ3v) is 4.46. The molecule has 1 atom stereocenters. The van der Waals surface area contributed by atoms with E-state index in [1.54, 1.807) is 0 Å². The number of ether oxygens (including phenoxy) is 1. The predicted octanol–water partition coefficient (Wildman–Crippen LogP) is 2.54. The van der Waals surface area contributed by atoms with Crippen molar-refractivity contribution < 1.29 is 35.9 Å². The van der Waals surface area contributed by atoms with Crippen LogP contribution in [-0.4, -0.2) is 26.4 Å². The van der Waals surface area contributed by atoms with Crippen molar-refractivity contribution in [2.24, 2.45) is 5.14 Å². The third-order valence-electron chi connectivity index (χ3n) is 3.53. The maximum atomic E-state index is 12.7. The van der Waals surface area contributed by atoms with Crippen LogP contribution < -0.4 is 10.5 Å². The molecule has 0 saturated heterocycles. The SMILES string of the molecule is C[C@@H](OC(=O)c1cccc(C(F)(F)F)c1)C(=O)Nc1ccc(S(N)(=O)=O)cc1. The van der Waals surface area contributed by atoms with Crippen LogP contribution in [0.4, 0.5) is 18.9 Å². The van der Waals surface area contributed by atoms with Gasteiger partial charge in [0.25, 0.3) is 5.91 Å². The average Bonchev–Trinajstić information content (AvgIpc) is 2.60. The number of carbonyl (C=O) groups is 2. The molecule has 150 valence electrons. The van der Waals surface area contributed by atoms with E-state index >= 15 is 0 Å². The number of primary sulfonamides is 1. The first-order chi connectivity index (χ1) is 12.9. The first-order valence-corrected chi connectivity index (χ1v) is 9.24. The molecule has 1 amide bonds. The Morgan fingerprint density at radius 2 is 1.71 bits per heavy atom. The fourth-order valence-electron chi connectivity index (χ4n) is 2.08. The first-order valence-electron chi connectivity index (χ1n) is 7.70. The summed E-state index contributed by atoms with van der Waals surface area (Å²) in [6.07, 6.45) is -5.94. The molecule has 0 heterocycles.